The predicted molar refractivity (Wildman–Crippen MR) is 80.8 cm³/mol. The van der Waals surface area contributed by atoms with E-state index in [1.54, 1.807) is 38.5 Å². The van der Waals surface area contributed by atoms with Crippen molar-refractivity contribution in [3.8, 4) is 11.5 Å². The maximum Gasteiger partial charge on any atom is 0.330 e. The molecule has 0 aliphatic carbocycles. The minimum absolute atomic E-state index is 0.171. The van der Waals surface area contributed by atoms with Crippen molar-refractivity contribution in [3.05, 3.63) is 29.8 Å². The van der Waals surface area contributed by atoms with Gasteiger partial charge in [0, 0.05) is 12.5 Å². The van der Waals surface area contributed by atoms with E-state index in [9.17, 15) is 9.59 Å². The summed E-state index contributed by atoms with van der Waals surface area (Å²) in [5, 5.41) is 0. The Labute approximate surface area is 129 Å². The largest absolute Gasteiger partial charge is 0.493 e. The van der Waals surface area contributed by atoms with E-state index >= 15 is 0 Å². The van der Waals surface area contributed by atoms with Crippen molar-refractivity contribution >= 4 is 18.0 Å². The first kappa shape index (κ1) is 17.6. The van der Waals surface area contributed by atoms with Gasteiger partial charge in [0.25, 0.3) is 0 Å². The van der Waals surface area contributed by atoms with E-state index in [0.29, 0.717) is 17.9 Å². The van der Waals surface area contributed by atoms with E-state index in [0.717, 1.165) is 5.56 Å². The summed E-state index contributed by atoms with van der Waals surface area (Å²) in [4.78, 5) is 22.4. The van der Waals surface area contributed by atoms with Crippen molar-refractivity contribution in [3.63, 3.8) is 0 Å². The molecule has 0 unspecified atom stereocenters. The van der Waals surface area contributed by atoms with E-state index in [1.807, 2.05) is 0 Å². The van der Waals surface area contributed by atoms with Gasteiger partial charge in [-0.2, -0.15) is 0 Å². The summed E-state index contributed by atoms with van der Waals surface area (Å²) < 4.78 is 19.8. The Bertz CT molecular complexity index is 535. The fraction of sp³-hybridized carbons (Fsp3) is 0.375. The summed E-state index contributed by atoms with van der Waals surface area (Å²) in [5.41, 5.74) is 0.782. The number of methoxy groups -OCH3 is 3. The SMILES string of the molecule is COC(=O)CCCOC(=O)/C=C/c1ccc(OC)c(OC)c1. The van der Waals surface area contributed by atoms with Crippen LogP contribution in [0, 0.1) is 0 Å². The highest BCUT2D eigenvalue weighted by Crippen LogP contribution is 2.27. The molecule has 1 rings (SSSR count). The Morgan fingerprint density at radius 2 is 1.82 bits per heavy atom. The van der Waals surface area contributed by atoms with Gasteiger partial charge < -0.3 is 18.9 Å². The molecular formula is C16H20O6. The summed E-state index contributed by atoms with van der Waals surface area (Å²) in [6.07, 6.45) is 3.59. The third kappa shape index (κ3) is 5.87. The van der Waals surface area contributed by atoms with Gasteiger partial charge in [-0.3, -0.25) is 4.79 Å². The number of carbonyl (C=O) groups is 2. The number of carbonyl (C=O) groups excluding carboxylic acids is 2. The zero-order valence-corrected chi connectivity index (χ0v) is 13.0. The molecule has 1 aromatic carbocycles. The van der Waals surface area contributed by atoms with Crippen LogP contribution in [-0.2, 0) is 19.1 Å². The topological polar surface area (TPSA) is 71.1 Å². The second kappa shape index (κ2) is 9.44. The van der Waals surface area contributed by atoms with Gasteiger partial charge >= 0.3 is 11.9 Å². The van der Waals surface area contributed by atoms with E-state index in [4.69, 9.17) is 14.2 Å². The lowest BCUT2D eigenvalue weighted by atomic mass is 10.2. The minimum Gasteiger partial charge on any atom is -0.493 e. The third-order valence-electron chi connectivity index (χ3n) is 2.82. The average Bonchev–Trinajstić information content (AvgIpc) is 2.56. The lowest BCUT2D eigenvalue weighted by Crippen LogP contribution is -2.06. The minimum atomic E-state index is -0.473. The van der Waals surface area contributed by atoms with E-state index < -0.39 is 5.97 Å². The van der Waals surface area contributed by atoms with Gasteiger partial charge in [0.1, 0.15) is 0 Å². The van der Waals surface area contributed by atoms with Crippen molar-refractivity contribution in [2.45, 2.75) is 12.8 Å². The van der Waals surface area contributed by atoms with Crippen LogP contribution in [0.1, 0.15) is 18.4 Å². The number of hydrogen-bond donors (Lipinski definition) is 0. The Kier molecular flexibility index (Phi) is 7.53. The molecule has 0 N–H and O–H groups in total. The average molecular weight is 308 g/mol. The highest BCUT2D eigenvalue weighted by Gasteiger charge is 2.04. The molecule has 0 fully saturated rings. The number of rotatable bonds is 8. The van der Waals surface area contributed by atoms with Crippen LogP contribution < -0.4 is 9.47 Å². The molecule has 6 heteroatoms. The van der Waals surface area contributed by atoms with Crippen LogP contribution in [-0.4, -0.2) is 39.9 Å². The first-order valence-corrected chi connectivity index (χ1v) is 6.74. The van der Waals surface area contributed by atoms with Crippen LogP contribution >= 0.6 is 0 Å². The fourth-order valence-electron chi connectivity index (χ4n) is 1.66. The Balaban J connectivity index is 2.47. The summed E-state index contributed by atoms with van der Waals surface area (Å²) in [5.74, 6) is 0.401. The number of hydrogen-bond acceptors (Lipinski definition) is 6. The fourth-order valence-corrected chi connectivity index (χ4v) is 1.66. The maximum absolute atomic E-state index is 11.5. The second-order valence-corrected chi connectivity index (χ2v) is 4.29. The highest BCUT2D eigenvalue weighted by atomic mass is 16.5. The van der Waals surface area contributed by atoms with Gasteiger partial charge in [-0.05, 0) is 30.2 Å². The van der Waals surface area contributed by atoms with Crippen molar-refractivity contribution in [2.75, 3.05) is 27.9 Å². The molecule has 0 saturated heterocycles. The molecule has 1 aromatic rings. The molecule has 0 atom stereocenters. The normalized spacial score (nSPS) is 10.3. The van der Waals surface area contributed by atoms with Crippen LogP contribution in [0.3, 0.4) is 0 Å². The molecule has 0 saturated carbocycles. The van der Waals surface area contributed by atoms with Gasteiger partial charge in [0.15, 0.2) is 11.5 Å². The van der Waals surface area contributed by atoms with Crippen LogP contribution in [0.2, 0.25) is 0 Å². The monoisotopic (exact) mass is 308 g/mol. The molecular weight excluding hydrogens is 288 g/mol. The summed E-state index contributed by atoms with van der Waals surface area (Å²) in [7, 11) is 4.42. The number of esters is 2. The van der Waals surface area contributed by atoms with Crippen molar-refractivity contribution in [2.24, 2.45) is 0 Å². The molecule has 0 spiro atoms. The maximum atomic E-state index is 11.5. The molecule has 0 radical (unpaired) electrons. The van der Waals surface area contributed by atoms with Crippen LogP contribution in [0.4, 0.5) is 0 Å². The van der Waals surface area contributed by atoms with Crippen molar-refractivity contribution in [1.29, 1.82) is 0 Å². The molecule has 6 nitrogen and oxygen atoms in total. The number of benzene rings is 1. The first-order valence-electron chi connectivity index (χ1n) is 6.74. The van der Waals surface area contributed by atoms with E-state index in [1.165, 1.54) is 13.2 Å². The third-order valence-corrected chi connectivity index (χ3v) is 2.82. The van der Waals surface area contributed by atoms with Crippen LogP contribution in [0.5, 0.6) is 11.5 Å². The second-order valence-electron chi connectivity index (χ2n) is 4.29. The molecule has 0 aliphatic heterocycles. The van der Waals surface area contributed by atoms with Crippen LogP contribution in [0.15, 0.2) is 24.3 Å². The van der Waals surface area contributed by atoms with Crippen molar-refractivity contribution < 1.29 is 28.5 Å². The molecule has 0 aliphatic rings. The molecule has 0 bridgehead atoms. The smallest absolute Gasteiger partial charge is 0.330 e. The quantitative estimate of drug-likeness (QED) is 0.416. The van der Waals surface area contributed by atoms with E-state index in [2.05, 4.69) is 4.74 Å². The van der Waals surface area contributed by atoms with Gasteiger partial charge in [-0.15, -0.1) is 0 Å². The number of ether oxygens (including phenoxy) is 4. The Hall–Kier alpha value is -2.50. The van der Waals surface area contributed by atoms with Crippen LogP contribution in [0.25, 0.3) is 6.08 Å². The summed E-state index contributed by atoms with van der Waals surface area (Å²) >= 11 is 0. The van der Waals surface area contributed by atoms with Gasteiger partial charge in [-0.1, -0.05) is 6.07 Å². The lowest BCUT2D eigenvalue weighted by molar-refractivity contribution is -0.143. The van der Waals surface area contributed by atoms with Gasteiger partial charge in [0.05, 0.1) is 27.9 Å². The molecule has 22 heavy (non-hydrogen) atoms. The lowest BCUT2D eigenvalue weighted by Gasteiger charge is -2.07. The molecule has 120 valence electrons. The van der Waals surface area contributed by atoms with Gasteiger partial charge in [0.2, 0.25) is 0 Å². The zero-order valence-electron chi connectivity index (χ0n) is 13.0. The van der Waals surface area contributed by atoms with Gasteiger partial charge in [-0.25, -0.2) is 4.79 Å². The Morgan fingerprint density at radius 1 is 1.09 bits per heavy atom. The summed E-state index contributed by atoms with van der Waals surface area (Å²) in [6, 6.07) is 5.29. The first-order chi connectivity index (χ1) is 10.6. The predicted octanol–water partition coefficient (Wildman–Crippen LogP) is 2.21. The standard InChI is InChI=1S/C16H20O6/c1-19-13-8-6-12(11-14(13)20-2)7-9-16(18)22-10-4-5-15(17)21-3/h6-9,11H,4-5,10H2,1-3H3/b9-7+. The molecule has 0 amide bonds. The zero-order chi connectivity index (χ0) is 16.4. The highest BCUT2D eigenvalue weighted by molar-refractivity contribution is 5.87. The van der Waals surface area contributed by atoms with E-state index in [-0.39, 0.29) is 19.0 Å². The molecule has 0 aromatic heterocycles. The summed E-state index contributed by atoms with van der Waals surface area (Å²) in [6.45, 7) is 0.171. The molecule has 0 heterocycles. The van der Waals surface area contributed by atoms with Crippen molar-refractivity contribution in [1.82, 2.24) is 0 Å². The Morgan fingerprint density at radius 3 is 2.45 bits per heavy atom.